The molecule has 1 N–H and O–H groups in total. The standard InChI is InChI=1S/C25H28BrN3O2/c1-27-12-14-28(15-13-27)17-22(30)18-29-16-20(23-4-2-3-5-24(23)29)8-11-25(31)19-6-9-21(26)10-7-19/h2-11,16,22,30H,12-15,17-18H2,1H3/b11-8+/t22-/m0/s1. The maximum atomic E-state index is 12.5. The van der Waals surface area contributed by atoms with Crippen molar-refractivity contribution in [3.05, 3.63) is 76.4 Å². The number of hydrogen-bond acceptors (Lipinski definition) is 4. The molecule has 4 rings (SSSR count). The van der Waals surface area contributed by atoms with Gasteiger partial charge in [-0.2, -0.15) is 0 Å². The molecule has 1 aliphatic rings. The van der Waals surface area contributed by atoms with Gasteiger partial charge in [0.15, 0.2) is 5.78 Å². The van der Waals surface area contributed by atoms with Gasteiger partial charge < -0.3 is 14.6 Å². The van der Waals surface area contributed by atoms with Crippen LogP contribution in [-0.2, 0) is 6.54 Å². The number of aliphatic hydroxyl groups is 1. The predicted molar refractivity (Wildman–Crippen MR) is 129 cm³/mol. The first-order chi connectivity index (χ1) is 15.0. The van der Waals surface area contributed by atoms with Crippen molar-refractivity contribution in [3.8, 4) is 0 Å². The Morgan fingerprint density at radius 2 is 1.77 bits per heavy atom. The Balaban J connectivity index is 1.49. The number of carbonyl (C=O) groups is 1. The SMILES string of the molecule is CN1CCN(C[C@H](O)Cn2cc(/C=C/C(=O)c3ccc(Br)cc3)c3ccccc32)CC1. The number of nitrogens with zero attached hydrogens (tertiary/aromatic N) is 3. The van der Waals surface area contributed by atoms with Crippen LogP contribution >= 0.6 is 15.9 Å². The van der Waals surface area contributed by atoms with Crippen LogP contribution in [0.3, 0.4) is 0 Å². The number of piperazine rings is 1. The Morgan fingerprint density at radius 1 is 1.06 bits per heavy atom. The van der Waals surface area contributed by atoms with Crippen molar-refractivity contribution in [1.82, 2.24) is 14.4 Å². The van der Waals surface area contributed by atoms with Gasteiger partial charge in [-0.3, -0.25) is 9.69 Å². The third-order valence-electron chi connectivity index (χ3n) is 5.83. The summed E-state index contributed by atoms with van der Waals surface area (Å²) in [6, 6.07) is 15.5. The van der Waals surface area contributed by atoms with Gasteiger partial charge in [-0.05, 0) is 49.5 Å². The van der Waals surface area contributed by atoms with E-state index in [9.17, 15) is 9.90 Å². The molecule has 2 heterocycles. The number of ketones is 1. The van der Waals surface area contributed by atoms with E-state index in [1.54, 1.807) is 6.08 Å². The van der Waals surface area contributed by atoms with Crippen molar-refractivity contribution in [2.75, 3.05) is 39.8 Å². The molecule has 0 bridgehead atoms. The Morgan fingerprint density at radius 3 is 2.52 bits per heavy atom. The molecule has 0 saturated carbocycles. The van der Waals surface area contributed by atoms with Gasteiger partial charge in [0.1, 0.15) is 0 Å². The van der Waals surface area contributed by atoms with Gasteiger partial charge in [-0.1, -0.05) is 34.1 Å². The monoisotopic (exact) mass is 481 g/mol. The maximum Gasteiger partial charge on any atom is 0.185 e. The first-order valence-electron chi connectivity index (χ1n) is 10.6. The summed E-state index contributed by atoms with van der Waals surface area (Å²) in [5, 5.41) is 11.8. The summed E-state index contributed by atoms with van der Waals surface area (Å²) in [5.74, 6) is -0.0283. The zero-order chi connectivity index (χ0) is 21.8. The Labute approximate surface area is 191 Å². The fraction of sp³-hybridized carbons (Fsp3) is 0.320. The highest BCUT2D eigenvalue weighted by Crippen LogP contribution is 2.23. The van der Waals surface area contributed by atoms with E-state index in [0.717, 1.165) is 47.1 Å². The number of aromatic nitrogens is 1. The molecular formula is C25H28BrN3O2. The zero-order valence-corrected chi connectivity index (χ0v) is 19.3. The van der Waals surface area contributed by atoms with Crippen LogP contribution in [0.2, 0.25) is 0 Å². The van der Waals surface area contributed by atoms with Crippen LogP contribution in [0.4, 0.5) is 0 Å². The number of aliphatic hydroxyl groups excluding tert-OH is 1. The van der Waals surface area contributed by atoms with Crippen LogP contribution in [0, 0.1) is 0 Å². The molecule has 0 amide bonds. The van der Waals surface area contributed by atoms with E-state index in [4.69, 9.17) is 0 Å². The lowest BCUT2D eigenvalue weighted by atomic mass is 10.1. The maximum absolute atomic E-state index is 12.5. The minimum atomic E-state index is -0.444. The second-order valence-electron chi connectivity index (χ2n) is 8.22. The van der Waals surface area contributed by atoms with Gasteiger partial charge in [0.05, 0.1) is 6.10 Å². The minimum Gasteiger partial charge on any atom is -0.390 e. The number of benzene rings is 2. The molecule has 0 spiro atoms. The van der Waals surface area contributed by atoms with Gasteiger partial charge in [0, 0.05) is 72.0 Å². The van der Waals surface area contributed by atoms with Crippen LogP contribution in [0.25, 0.3) is 17.0 Å². The van der Waals surface area contributed by atoms with Crippen molar-refractivity contribution in [3.63, 3.8) is 0 Å². The van der Waals surface area contributed by atoms with E-state index >= 15 is 0 Å². The molecule has 0 aliphatic carbocycles. The summed E-state index contributed by atoms with van der Waals surface area (Å²) in [6.45, 7) is 5.27. The van der Waals surface area contributed by atoms with E-state index in [1.165, 1.54) is 0 Å². The number of carbonyl (C=O) groups excluding carboxylic acids is 1. The Kier molecular flexibility index (Phi) is 7.02. The average Bonchev–Trinajstić information content (AvgIpc) is 3.11. The van der Waals surface area contributed by atoms with E-state index in [0.29, 0.717) is 18.7 Å². The van der Waals surface area contributed by atoms with Crippen LogP contribution in [0.1, 0.15) is 15.9 Å². The first kappa shape index (κ1) is 22.0. The van der Waals surface area contributed by atoms with Gasteiger partial charge in [0.2, 0.25) is 0 Å². The molecule has 31 heavy (non-hydrogen) atoms. The molecule has 1 atom stereocenters. The second-order valence-corrected chi connectivity index (χ2v) is 9.13. The summed E-state index contributed by atoms with van der Waals surface area (Å²) in [7, 11) is 2.14. The number of hydrogen-bond donors (Lipinski definition) is 1. The number of para-hydroxylation sites is 1. The molecule has 0 unspecified atom stereocenters. The lowest BCUT2D eigenvalue weighted by molar-refractivity contribution is 0.0717. The summed E-state index contributed by atoms with van der Waals surface area (Å²) in [4.78, 5) is 17.2. The summed E-state index contributed by atoms with van der Waals surface area (Å²) in [5.41, 5.74) is 2.70. The quantitative estimate of drug-likeness (QED) is 0.410. The molecule has 162 valence electrons. The zero-order valence-electron chi connectivity index (χ0n) is 17.7. The van der Waals surface area contributed by atoms with Crippen molar-refractivity contribution in [2.45, 2.75) is 12.6 Å². The summed E-state index contributed by atoms with van der Waals surface area (Å²) >= 11 is 3.40. The number of allylic oxidation sites excluding steroid dienone is 1. The Hall–Kier alpha value is -2.25. The minimum absolute atomic E-state index is 0.0283. The molecule has 6 heteroatoms. The van der Waals surface area contributed by atoms with Gasteiger partial charge in [0.25, 0.3) is 0 Å². The molecule has 2 aromatic carbocycles. The largest absolute Gasteiger partial charge is 0.390 e. The highest BCUT2D eigenvalue weighted by atomic mass is 79.9. The normalized spacial score (nSPS) is 16.9. The van der Waals surface area contributed by atoms with E-state index in [1.807, 2.05) is 48.7 Å². The van der Waals surface area contributed by atoms with Crippen molar-refractivity contribution in [2.24, 2.45) is 0 Å². The van der Waals surface area contributed by atoms with Crippen molar-refractivity contribution < 1.29 is 9.90 Å². The van der Waals surface area contributed by atoms with Crippen molar-refractivity contribution in [1.29, 1.82) is 0 Å². The molecule has 1 aromatic heterocycles. The third-order valence-corrected chi connectivity index (χ3v) is 6.36. The van der Waals surface area contributed by atoms with E-state index in [2.05, 4.69) is 49.5 Å². The lowest BCUT2D eigenvalue weighted by Gasteiger charge is -2.33. The van der Waals surface area contributed by atoms with Crippen LogP contribution in [0.15, 0.2) is 65.3 Å². The smallest absolute Gasteiger partial charge is 0.185 e. The number of likely N-dealkylation sites (N-methyl/N-ethyl adjacent to an activating group) is 1. The van der Waals surface area contributed by atoms with Gasteiger partial charge in [-0.25, -0.2) is 0 Å². The van der Waals surface area contributed by atoms with E-state index < -0.39 is 6.10 Å². The molecular weight excluding hydrogens is 454 g/mol. The molecule has 1 saturated heterocycles. The number of β-amino-alcohol motifs (C(OH)–C–C–N with tert-alkyl or cyclic N) is 1. The van der Waals surface area contributed by atoms with Crippen molar-refractivity contribution >= 4 is 38.7 Å². The Bertz CT molecular complexity index is 1070. The first-order valence-corrected chi connectivity index (χ1v) is 11.4. The molecule has 0 radical (unpaired) electrons. The highest BCUT2D eigenvalue weighted by molar-refractivity contribution is 9.10. The molecule has 1 aliphatic heterocycles. The predicted octanol–water partition coefficient (Wildman–Crippen LogP) is 3.91. The lowest BCUT2D eigenvalue weighted by Crippen LogP contribution is -2.47. The number of fused-ring (bicyclic) bond motifs is 1. The number of halogens is 1. The summed E-state index contributed by atoms with van der Waals surface area (Å²) < 4.78 is 3.05. The number of rotatable bonds is 7. The second kappa shape index (κ2) is 9.92. The van der Waals surface area contributed by atoms with Gasteiger partial charge >= 0.3 is 0 Å². The molecule has 3 aromatic rings. The van der Waals surface area contributed by atoms with Gasteiger partial charge in [-0.15, -0.1) is 0 Å². The fourth-order valence-electron chi connectivity index (χ4n) is 4.05. The summed E-state index contributed by atoms with van der Waals surface area (Å²) in [6.07, 6.45) is 5.08. The molecule has 1 fully saturated rings. The van der Waals surface area contributed by atoms with Crippen LogP contribution < -0.4 is 0 Å². The fourth-order valence-corrected chi connectivity index (χ4v) is 4.31. The van der Waals surface area contributed by atoms with E-state index in [-0.39, 0.29) is 5.78 Å². The third kappa shape index (κ3) is 5.52. The highest BCUT2D eigenvalue weighted by Gasteiger charge is 2.18. The van der Waals surface area contributed by atoms with Crippen LogP contribution in [0.5, 0.6) is 0 Å². The topological polar surface area (TPSA) is 48.7 Å². The van der Waals surface area contributed by atoms with Crippen LogP contribution in [-0.4, -0.2) is 71.1 Å². The molecule has 5 nitrogen and oxygen atoms in total. The average molecular weight is 482 g/mol.